The largest absolute Gasteiger partial charge is 1.00 e. The van der Waals surface area contributed by atoms with Crippen LogP contribution in [0.1, 0.15) is 37.5 Å². The van der Waals surface area contributed by atoms with Crippen molar-refractivity contribution in [2.75, 3.05) is 18.5 Å². The highest BCUT2D eigenvalue weighted by Crippen LogP contribution is 2.76. The minimum absolute atomic E-state index is 0. The fourth-order valence-electron chi connectivity index (χ4n) is 4.74. The third-order valence-electron chi connectivity index (χ3n) is 6.10. The molecule has 0 spiro atoms. The van der Waals surface area contributed by atoms with Gasteiger partial charge in [0.25, 0.3) is 0 Å². The van der Waals surface area contributed by atoms with Gasteiger partial charge in [0.1, 0.15) is 0 Å². The maximum Gasteiger partial charge on any atom is 0.154 e. The first-order chi connectivity index (χ1) is 12.7. The maximum absolute atomic E-state index is 2.41. The molecule has 2 heteroatoms. The number of benzene rings is 3. The van der Waals surface area contributed by atoms with Crippen molar-refractivity contribution in [3.63, 3.8) is 0 Å². The molecule has 142 valence electrons. The lowest BCUT2D eigenvalue weighted by Gasteiger charge is -2.45. The first-order valence-corrected chi connectivity index (χ1v) is 12.1. The van der Waals surface area contributed by atoms with Gasteiger partial charge in [0, 0.05) is 24.0 Å². The zero-order chi connectivity index (χ0) is 18.5. The van der Waals surface area contributed by atoms with Crippen LogP contribution in [0.3, 0.4) is 0 Å². The second-order valence-corrected chi connectivity index (χ2v) is 11.8. The average molecular weight is 380 g/mol. The highest BCUT2D eigenvalue weighted by molar-refractivity contribution is 7.77. The van der Waals surface area contributed by atoms with E-state index in [2.05, 4.69) is 112 Å². The van der Waals surface area contributed by atoms with E-state index in [1.54, 1.807) is 0 Å². The summed E-state index contributed by atoms with van der Waals surface area (Å²) in [6.45, 7) is 7.22. The molecule has 0 aromatic heterocycles. The van der Waals surface area contributed by atoms with Crippen molar-refractivity contribution < 1.29 is 4.70 Å². The summed E-state index contributed by atoms with van der Waals surface area (Å²) in [5.74, 6) is 0. The summed E-state index contributed by atoms with van der Waals surface area (Å²) in [6.07, 6.45) is 3.75. The lowest BCUT2D eigenvalue weighted by atomic mass is 9.84. The van der Waals surface area contributed by atoms with Gasteiger partial charge < -0.3 is 4.70 Å². The van der Waals surface area contributed by atoms with Crippen LogP contribution in [0.4, 0.5) is 0 Å². The zero-order valence-corrected chi connectivity index (χ0v) is 17.5. The van der Waals surface area contributed by atoms with Crippen LogP contribution in [0.25, 0.3) is 0 Å². The Balaban J connectivity index is 0.00000261. The van der Waals surface area contributed by atoms with Gasteiger partial charge >= 0.3 is 0 Å². The van der Waals surface area contributed by atoms with Crippen LogP contribution in [-0.4, -0.2) is 18.5 Å². The fraction of sp³-hybridized carbons (Fsp3) is 0.280. The van der Waals surface area contributed by atoms with Crippen LogP contribution >= 0.6 is 7.26 Å². The Morgan fingerprint density at radius 3 is 1.00 bits per heavy atom. The molecule has 3 rings (SSSR count). The standard InChI is InChI=1S/C25H30P.FH/c1-4-26(5-2,6-3)25(22-16-10-7-11-17-22,23-18-12-8-13-19-23)24-20-14-9-15-21-24;/h7-21H,4-6H2,1-3H3;1H/q+1;/p-1. The van der Waals surface area contributed by atoms with Crippen molar-refractivity contribution in [2.24, 2.45) is 0 Å². The Morgan fingerprint density at radius 1 is 0.519 bits per heavy atom. The summed E-state index contributed by atoms with van der Waals surface area (Å²) in [4.78, 5) is 0. The molecular weight excluding hydrogens is 350 g/mol. The van der Waals surface area contributed by atoms with Crippen LogP contribution in [0, 0.1) is 0 Å². The second kappa shape index (κ2) is 9.29. The van der Waals surface area contributed by atoms with Crippen LogP contribution in [0.2, 0.25) is 0 Å². The van der Waals surface area contributed by atoms with Gasteiger partial charge in [-0.25, -0.2) is 0 Å². The van der Waals surface area contributed by atoms with Crippen molar-refractivity contribution in [1.29, 1.82) is 0 Å². The molecule has 0 nitrogen and oxygen atoms in total. The van der Waals surface area contributed by atoms with E-state index in [0.29, 0.717) is 0 Å². The Morgan fingerprint density at radius 2 is 0.778 bits per heavy atom. The summed E-state index contributed by atoms with van der Waals surface area (Å²) in [7, 11) is -1.35. The smallest absolute Gasteiger partial charge is 0.154 e. The number of hydrogen-bond donors (Lipinski definition) is 0. The molecule has 0 aliphatic heterocycles. The van der Waals surface area contributed by atoms with Crippen molar-refractivity contribution >= 4 is 7.26 Å². The van der Waals surface area contributed by atoms with E-state index in [1.165, 1.54) is 35.2 Å². The molecule has 0 fully saturated rings. The van der Waals surface area contributed by atoms with E-state index < -0.39 is 7.26 Å². The summed E-state index contributed by atoms with van der Waals surface area (Å²) >= 11 is 0. The molecule has 0 saturated carbocycles. The molecule has 3 aromatic rings. The number of hydrogen-bond acceptors (Lipinski definition) is 0. The van der Waals surface area contributed by atoms with Crippen LogP contribution in [0.5, 0.6) is 0 Å². The van der Waals surface area contributed by atoms with Crippen molar-refractivity contribution in [1.82, 2.24) is 0 Å². The van der Waals surface area contributed by atoms with Gasteiger partial charge in [-0.15, -0.1) is 0 Å². The Bertz CT molecular complexity index is 691. The van der Waals surface area contributed by atoms with Gasteiger partial charge in [-0.3, -0.25) is 0 Å². The van der Waals surface area contributed by atoms with E-state index in [-0.39, 0.29) is 9.86 Å². The van der Waals surface area contributed by atoms with Gasteiger partial charge in [-0.05, 0) is 20.8 Å². The monoisotopic (exact) mass is 380 g/mol. The molecule has 0 heterocycles. The molecule has 0 amide bonds. The minimum atomic E-state index is -1.35. The van der Waals surface area contributed by atoms with Crippen LogP contribution in [-0.2, 0) is 5.16 Å². The lowest BCUT2D eigenvalue weighted by Crippen LogP contribution is -3.00. The first-order valence-electron chi connectivity index (χ1n) is 9.78. The van der Waals surface area contributed by atoms with Crippen LogP contribution < -0.4 is 4.70 Å². The predicted molar refractivity (Wildman–Crippen MR) is 118 cm³/mol. The summed E-state index contributed by atoms with van der Waals surface area (Å²) < 4.78 is 0. The lowest BCUT2D eigenvalue weighted by molar-refractivity contribution is -0.00000534. The molecule has 27 heavy (non-hydrogen) atoms. The highest BCUT2D eigenvalue weighted by Gasteiger charge is 2.57. The first kappa shape index (κ1) is 21.3. The molecular formula is C25H30FP. The van der Waals surface area contributed by atoms with Crippen molar-refractivity contribution in [3.05, 3.63) is 108 Å². The molecule has 0 saturated heterocycles. The summed E-state index contributed by atoms with van der Waals surface area (Å²) in [6, 6.07) is 33.7. The molecule has 0 aliphatic rings. The highest BCUT2D eigenvalue weighted by atomic mass is 31.2. The van der Waals surface area contributed by atoms with Gasteiger partial charge in [0.2, 0.25) is 0 Å². The van der Waals surface area contributed by atoms with Gasteiger partial charge in [0.05, 0.1) is 18.5 Å². The zero-order valence-electron chi connectivity index (χ0n) is 16.6. The quantitative estimate of drug-likeness (QED) is 0.428. The Hall–Kier alpha value is -1.98. The van der Waals surface area contributed by atoms with Crippen molar-refractivity contribution in [3.8, 4) is 0 Å². The Kier molecular flexibility index (Phi) is 7.33. The van der Waals surface area contributed by atoms with Crippen molar-refractivity contribution in [2.45, 2.75) is 25.9 Å². The number of rotatable bonds is 7. The second-order valence-electron chi connectivity index (χ2n) is 6.90. The molecule has 0 atom stereocenters. The Labute approximate surface area is 164 Å². The third kappa shape index (κ3) is 3.46. The van der Waals surface area contributed by atoms with Gasteiger partial charge in [-0.1, -0.05) is 91.0 Å². The maximum atomic E-state index is 2.41. The molecule has 3 aromatic carbocycles. The van der Waals surface area contributed by atoms with Gasteiger partial charge in [-0.2, -0.15) is 0 Å². The van der Waals surface area contributed by atoms with E-state index in [1.807, 2.05) is 0 Å². The fourth-order valence-corrected chi connectivity index (χ4v) is 9.60. The molecule has 0 bridgehead atoms. The summed E-state index contributed by atoms with van der Waals surface area (Å²) in [5.41, 5.74) is 4.32. The molecule has 0 unspecified atom stereocenters. The topological polar surface area (TPSA) is 0 Å². The predicted octanol–water partition coefficient (Wildman–Crippen LogP) is 4.06. The van der Waals surface area contributed by atoms with Crippen LogP contribution in [0.15, 0.2) is 91.0 Å². The molecule has 0 aliphatic carbocycles. The molecule has 0 radical (unpaired) electrons. The normalized spacial score (nSPS) is 11.7. The van der Waals surface area contributed by atoms with E-state index in [0.717, 1.165) is 0 Å². The average Bonchev–Trinajstić information content (AvgIpc) is 2.74. The van der Waals surface area contributed by atoms with E-state index in [9.17, 15) is 0 Å². The number of halogens is 1. The SMILES string of the molecule is CC[P+](CC)(CC)C(c1ccccc1)(c1ccccc1)c1ccccc1.[F-]. The van der Waals surface area contributed by atoms with E-state index in [4.69, 9.17) is 0 Å². The summed E-state index contributed by atoms with van der Waals surface area (Å²) in [5, 5.41) is -0.0466. The van der Waals surface area contributed by atoms with E-state index >= 15 is 0 Å². The third-order valence-corrected chi connectivity index (χ3v) is 11.9. The minimum Gasteiger partial charge on any atom is -1.00 e. The molecule has 0 N–H and O–H groups in total. The van der Waals surface area contributed by atoms with Gasteiger partial charge in [0.15, 0.2) is 5.16 Å².